The van der Waals surface area contributed by atoms with Crippen LogP contribution >= 0.6 is 0 Å². The molecule has 0 spiro atoms. The lowest BCUT2D eigenvalue weighted by Crippen LogP contribution is -2.57. The minimum atomic E-state index is -0.852. The number of ether oxygens (including phenoxy) is 2. The lowest BCUT2D eigenvalue weighted by atomic mass is 9.94. The largest absolute Gasteiger partial charge is 0.491 e. The molecule has 1 unspecified atom stereocenters. The van der Waals surface area contributed by atoms with Crippen LogP contribution < -0.4 is 10.1 Å². The number of rotatable bonds is 7. The van der Waals surface area contributed by atoms with Crippen molar-refractivity contribution in [3.63, 3.8) is 0 Å². The highest BCUT2D eigenvalue weighted by Gasteiger charge is 2.52. The minimum Gasteiger partial charge on any atom is -0.491 e. The highest BCUT2D eigenvalue weighted by Crippen LogP contribution is 2.41. The van der Waals surface area contributed by atoms with Crippen LogP contribution in [-0.4, -0.2) is 31.8 Å². The van der Waals surface area contributed by atoms with Gasteiger partial charge in [0.25, 0.3) is 0 Å². The van der Waals surface area contributed by atoms with Crippen LogP contribution in [0.25, 0.3) is 0 Å². The molecule has 0 aromatic heterocycles. The number of carbonyl (C=O) groups is 1. The predicted octanol–water partition coefficient (Wildman–Crippen LogP) is 2.44. The second-order valence-corrected chi connectivity index (χ2v) is 5.41. The fraction of sp³-hybridized carbons (Fsp3) is 0.562. The van der Waals surface area contributed by atoms with Crippen molar-refractivity contribution in [1.29, 1.82) is 0 Å². The Kier molecular flexibility index (Phi) is 4.83. The van der Waals surface area contributed by atoms with Crippen molar-refractivity contribution in [3.8, 4) is 5.75 Å². The Labute approximate surface area is 124 Å². The molecular weight excluding hydrogens is 273 g/mol. The standard InChI is InChI=1S/C16H22FNO3/c1-4-20-15(19)16(18-3,12-6-7-12)10-21-14-9-13(17)8-5-11(14)2/h5,8-9,12,18H,4,6-7,10H2,1-3H3. The van der Waals surface area contributed by atoms with Crippen LogP contribution in [0.1, 0.15) is 25.3 Å². The maximum atomic E-state index is 13.3. The summed E-state index contributed by atoms with van der Waals surface area (Å²) in [5, 5.41) is 3.07. The summed E-state index contributed by atoms with van der Waals surface area (Å²) in [6.07, 6.45) is 1.93. The molecule has 1 aromatic carbocycles. The van der Waals surface area contributed by atoms with Gasteiger partial charge in [-0.05, 0) is 51.3 Å². The van der Waals surface area contributed by atoms with Crippen LogP contribution in [0.3, 0.4) is 0 Å². The predicted molar refractivity (Wildman–Crippen MR) is 77.8 cm³/mol. The minimum absolute atomic E-state index is 0.136. The molecule has 116 valence electrons. The van der Waals surface area contributed by atoms with Gasteiger partial charge in [0.1, 0.15) is 18.2 Å². The maximum absolute atomic E-state index is 13.3. The molecular formula is C16H22FNO3. The van der Waals surface area contributed by atoms with Crippen LogP contribution in [0.5, 0.6) is 5.75 Å². The zero-order chi connectivity index (χ0) is 15.5. The molecule has 0 amide bonds. The van der Waals surface area contributed by atoms with Crippen molar-refractivity contribution in [2.45, 2.75) is 32.2 Å². The van der Waals surface area contributed by atoms with Gasteiger partial charge in [-0.2, -0.15) is 0 Å². The van der Waals surface area contributed by atoms with Gasteiger partial charge in [0, 0.05) is 6.07 Å². The average Bonchev–Trinajstić information content (AvgIpc) is 3.29. The Morgan fingerprint density at radius 2 is 2.19 bits per heavy atom. The van der Waals surface area contributed by atoms with Crippen LogP contribution in [0, 0.1) is 18.7 Å². The van der Waals surface area contributed by atoms with Crippen LogP contribution in [0.4, 0.5) is 4.39 Å². The van der Waals surface area contributed by atoms with E-state index in [1.165, 1.54) is 12.1 Å². The second-order valence-electron chi connectivity index (χ2n) is 5.41. The molecule has 1 aliphatic carbocycles. The van der Waals surface area contributed by atoms with Crippen molar-refractivity contribution in [3.05, 3.63) is 29.6 Å². The molecule has 21 heavy (non-hydrogen) atoms. The van der Waals surface area contributed by atoms with E-state index in [1.54, 1.807) is 20.0 Å². The summed E-state index contributed by atoms with van der Waals surface area (Å²) < 4.78 is 24.2. The normalized spacial score (nSPS) is 17.1. The molecule has 5 heteroatoms. The fourth-order valence-corrected chi connectivity index (χ4v) is 2.48. The number of carbonyl (C=O) groups excluding carboxylic acids is 1. The molecule has 1 aliphatic rings. The van der Waals surface area contributed by atoms with Gasteiger partial charge in [0.2, 0.25) is 0 Å². The van der Waals surface area contributed by atoms with E-state index < -0.39 is 5.54 Å². The average molecular weight is 295 g/mol. The summed E-state index contributed by atoms with van der Waals surface area (Å²) in [4.78, 5) is 12.3. The Morgan fingerprint density at radius 1 is 1.48 bits per heavy atom. The number of hydrogen-bond acceptors (Lipinski definition) is 4. The summed E-state index contributed by atoms with van der Waals surface area (Å²) >= 11 is 0. The molecule has 1 aromatic rings. The Hall–Kier alpha value is -1.62. The molecule has 0 heterocycles. The van der Waals surface area contributed by atoms with E-state index in [4.69, 9.17) is 9.47 Å². The van der Waals surface area contributed by atoms with E-state index >= 15 is 0 Å². The molecule has 0 saturated heterocycles. The van der Waals surface area contributed by atoms with E-state index in [0.717, 1.165) is 18.4 Å². The van der Waals surface area contributed by atoms with Gasteiger partial charge in [-0.25, -0.2) is 9.18 Å². The first kappa shape index (κ1) is 15.8. The fourth-order valence-electron chi connectivity index (χ4n) is 2.48. The first-order valence-corrected chi connectivity index (χ1v) is 7.28. The molecule has 0 radical (unpaired) electrons. The van der Waals surface area contributed by atoms with Crippen molar-refractivity contribution >= 4 is 5.97 Å². The number of esters is 1. The van der Waals surface area contributed by atoms with Crippen molar-refractivity contribution in [2.75, 3.05) is 20.3 Å². The molecule has 1 N–H and O–H groups in total. The summed E-state index contributed by atoms with van der Waals surface area (Å²) in [6.45, 7) is 4.09. The quantitative estimate of drug-likeness (QED) is 0.785. The SMILES string of the molecule is CCOC(=O)C(COc1cc(F)ccc1C)(NC)C1CC1. The molecule has 1 fully saturated rings. The lowest BCUT2D eigenvalue weighted by molar-refractivity contribution is -0.153. The van der Waals surface area contributed by atoms with Gasteiger partial charge in [0.15, 0.2) is 5.54 Å². The Bertz CT molecular complexity index is 516. The van der Waals surface area contributed by atoms with E-state index in [-0.39, 0.29) is 24.3 Å². The third-order valence-electron chi connectivity index (χ3n) is 3.97. The van der Waals surface area contributed by atoms with Crippen LogP contribution in [0.15, 0.2) is 18.2 Å². The molecule has 2 rings (SSSR count). The lowest BCUT2D eigenvalue weighted by Gasteiger charge is -2.31. The Balaban J connectivity index is 2.15. The van der Waals surface area contributed by atoms with Crippen molar-refractivity contribution in [2.24, 2.45) is 5.92 Å². The highest BCUT2D eigenvalue weighted by molar-refractivity contribution is 5.82. The Morgan fingerprint density at radius 3 is 2.76 bits per heavy atom. The highest BCUT2D eigenvalue weighted by atomic mass is 19.1. The van der Waals surface area contributed by atoms with Gasteiger partial charge in [-0.3, -0.25) is 0 Å². The number of halogens is 1. The molecule has 1 saturated carbocycles. The third kappa shape index (κ3) is 3.35. The summed E-state index contributed by atoms with van der Waals surface area (Å²) in [5.74, 6) is 0.00672. The van der Waals surface area contributed by atoms with Gasteiger partial charge in [0.05, 0.1) is 6.61 Å². The smallest absolute Gasteiger partial charge is 0.330 e. The van der Waals surface area contributed by atoms with E-state index in [2.05, 4.69) is 5.32 Å². The zero-order valence-corrected chi connectivity index (χ0v) is 12.7. The first-order chi connectivity index (χ1) is 10.0. The van der Waals surface area contributed by atoms with Crippen LogP contribution in [-0.2, 0) is 9.53 Å². The molecule has 1 atom stereocenters. The monoisotopic (exact) mass is 295 g/mol. The third-order valence-corrected chi connectivity index (χ3v) is 3.97. The topological polar surface area (TPSA) is 47.6 Å². The van der Waals surface area contributed by atoms with E-state index in [1.807, 2.05) is 6.92 Å². The number of benzene rings is 1. The summed E-state index contributed by atoms with van der Waals surface area (Å²) in [5.41, 5.74) is -0.0181. The van der Waals surface area contributed by atoms with Crippen molar-refractivity contribution < 1.29 is 18.7 Å². The summed E-state index contributed by atoms with van der Waals surface area (Å²) in [7, 11) is 1.73. The number of nitrogens with one attached hydrogen (secondary N) is 1. The van der Waals surface area contributed by atoms with Crippen LogP contribution in [0.2, 0.25) is 0 Å². The van der Waals surface area contributed by atoms with E-state index in [0.29, 0.717) is 12.4 Å². The molecule has 0 aliphatic heterocycles. The van der Waals surface area contributed by atoms with Gasteiger partial charge >= 0.3 is 5.97 Å². The first-order valence-electron chi connectivity index (χ1n) is 7.28. The maximum Gasteiger partial charge on any atom is 0.330 e. The summed E-state index contributed by atoms with van der Waals surface area (Å²) in [6, 6.07) is 4.39. The van der Waals surface area contributed by atoms with Gasteiger partial charge in [-0.1, -0.05) is 6.07 Å². The van der Waals surface area contributed by atoms with E-state index in [9.17, 15) is 9.18 Å². The number of hydrogen-bond donors (Lipinski definition) is 1. The molecule has 4 nitrogen and oxygen atoms in total. The zero-order valence-electron chi connectivity index (χ0n) is 12.7. The van der Waals surface area contributed by atoms with Gasteiger partial charge < -0.3 is 14.8 Å². The number of likely N-dealkylation sites (N-methyl/N-ethyl adjacent to an activating group) is 1. The number of aryl methyl sites for hydroxylation is 1. The van der Waals surface area contributed by atoms with Crippen molar-refractivity contribution in [1.82, 2.24) is 5.32 Å². The van der Waals surface area contributed by atoms with Gasteiger partial charge in [-0.15, -0.1) is 0 Å². The molecule has 0 bridgehead atoms. The second kappa shape index (κ2) is 6.43.